The first-order chi connectivity index (χ1) is 12.0. The third kappa shape index (κ3) is 4.57. The molecule has 0 unspecified atom stereocenters. The fourth-order valence-electron chi connectivity index (χ4n) is 2.95. The van der Waals surface area contributed by atoms with E-state index in [0.29, 0.717) is 17.4 Å². The standard InChI is InChI=1S/C20H25N3O2/c1-13(2)14-5-7-15(8-6-14)17-10-18(17)23-20(25)22-12-19(24)16-4-3-9-21-11-16/h3-9,11,13,17-19,24H,10,12H2,1-2H3,(H2,22,23,25)/t17-,18+,19-/m0/s1. The number of amides is 2. The van der Waals surface area contributed by atoms with Crippen LogP contribution in [0.5, 0.6) is 0 Å². The molecule has 1 saturated carbocycles. The number of hydrogen-bond acceptors (Lipinski definition) is 3. The minimum absolute atomic E-state index is 0.165. The van der Waals surface area contributed by atoms with Gasteiger partial charge in [-0.05, 0) is 29.5 Å². The number of nitrogens with zero attached hydrogens (tertiary/aromatic N) is 1. The second-order valence-corrected chi connectivity index (χ2v) is 6.93. The Balaban J connectivity index is 1.44. The molecule has 1 aromatic heterocycles. The van der Waals surface area contributed by atoms with Gasteiger partial charge in [0, 0.05) is 36.5 Å². The van der Waals surface area contributed by atoms with Crippen LogP contribution in [0.4, 0.5) is 4.79 Å². The summed E-state index contributed by atoms with van der Waals surface area (Å²) >= 11 is 0. The second kappa shape index (κ2) is 7.66. The zero-order valence-corrected chi connectivity index (χ0v) is 14.6. The van der Waals surface area contributed by atoms with Gasteiger partial charge >= 0.3 is 6.03 Å². The Morgan fingerprint density at radius 1 is 1.24 bits per heavy atom. The van der Waals surface area contributed by atoms with Gasteiger partial charge in [-0.25, -0.2) is 4.79 Å². The lowest BCUT2D eigenvalue weighted by Gasteiger charge is -2.12. The van der Waals surface area contributed by atoms with E-state index < -0.39 is 6.10 Å². The number of aromatic nitrogens is 1. The molecule has 1 aromatic carbocycles. The van der Waals surface area contributed by atoms with E-state index in [-0.39, 0.29) is 18.6 Å². The van der Waals surface area contributed by atoms with Gasteiger partial charge in [0.2, 0.25) is 0 Å². The van der Waals surface area contributed by atoms with Gasteiger partial charge in [-0.15, -0.1) is 0 Å². The molecule has 0 spiro atoms. The Hall–Kier alpha value is -2.40. The Bertz CT molecular complexity index is 701. The third-order valence-electron chi connectivity index (χ3n) is 4.66. The van der Waals surface area contributed by atoms with Crippen molar-refractivity contribution in [1.29, 1.82) is 0 Å². The number of rotatable bonds is 6. The molecule has 1 aliphatic carbocycles. The number of urea groups is 1. The van der Waals surface area contributed by atoms with Crippen LogP contribution in [-0.2, 0) is 0 Å². The number of benzene rings is 1. The molecule has 2 amide bonds. The quantitative estimate of drug-likeness (QED) is 0.757. The van der Waals surface area contributed by atoms with Crippen molar-refractivity contribution in [3.8, 4) is 0 Å². The van der Waals surface area contributed by atoms with Gasteiger partial charge in [-0.3, -0.25) is 4.98 Å². The normalized spacial score (nSPS) is 20.2. The van der Waals surface area contributed by atoms with Crippen molar-refractivity contribution >= 4 is 6.03 Å². The van der Waals surface area contributed by atoms with Crippen LogP contribution < -0.4 is 10.6 Å². The minimum atomic E-state index is -0.752. The SMILES string of the molecule is CC(C)c1ccc([C@@H]2C[C@H]2NC(=O)NC[C@H](O)c2cccnc2)cc1. The summed E-state index contributed by atoms with van der Waals surface area (Å²) in [7, 11) is 0. The van der Waals surface area contributed by atoms with Crippen molar-refractivity contribution in [2.75, 3.05) is 6.54 Å². The lowest BCUT2D eigenvalue weighted by atomic mass is 10.0. The Morgan fingerprint density at radius 2 is 2.00 bits per heavy atom. The monoisotopic (exact) mass is 339 g/mol. The smallest absolute Gasteiger partial charge is 0.315 e. The first kappa shape index (κ1) is 17.4. The fraction of sp³-hybridized carbons (Fsp3) is 0.400. The summed E-state index contributed by atoms with van der Waals surface area (Å²) in [5.74, 6) is 0.911. The lowest BCUT2D eigenvalue weighted by molar-refractivity contribution is 0.172. The fourth-order valence-corrected chi connectivity index (χ4v) is 2.95. The molecule has 1 fully saturated rings. The molecule has 5 nitrogen and oxygen atoms in total. The average molecular weight is 339 g/mol. The van der Waals surface area contributed by atoms with Gasteiger partial charge in [-0.1, -0.05) is 44.2 Å². The molecular formula is C20H25N3O2. The molecular weight excluding hydrogens is 314 g/mol. The van der Waals surface area contributed by atoms with E-state index >= 15 is 0 Å². The van der Waals surface area contributed by atoms with Gasteiger partial charge in [0.1, 0.15) is 0 Å². The molecule has 0 saturated heterocycles. The molecule has 25 heavy (non-hydrogen) atoms. The number of carbonyl (C=O) groups is 1. The van der Waals surface area contributed by atoms with Gasteiger partial charge in [0.25, 0.3) is 0 Å². The third-order valence-corrected chi connectivity index (χ3v) is 4.66. The number of aliphatic hydroxyl groups is 1. The zero-order valence-electron chi connectivity index (χ0n) is 14.6. The first-order valence-electron chi connectivity index (χ1n) is 8.77. The molecule has 2 aromatic rings. The zero-order chi connectivity index (χ0) is 17.8. The molecule has 3 atom stereocenters. The summed E-state index contributed by atoms with van der Waals surface area (Å²) in [6.07, 6.45) is 3.46. The van der Waals surface area contributed by atoms with Gasteiger partial charge in [0.05, 0.1) is 6.10 Å². The average Bonchev–Trinajstić information content (AvgIpc) is 3.39. The molecule has 0 bridgehead atoms. The van der Waals surface area contributed by atoms with Crippen molar-refractivity contribution in [3.63, 3.8) is 0 Å². The van der Waals surface area contributed by atoms with E-state index in [0.717, 1.165) is 6.42 Å². The van der Waals surface area contributed by atoms with Crippen molar-refractivity contribution in [2.24, 2.45) is 0 Å². The Morgan fingerprint density at radius 3 is 2.64 bits per heavy atom. The second-order valence-electron chi connectivity index (χ2n) is 6.93. The number of aliphatic hydroxyl groups excluding tert-OH is 1. The van der Waals surface area contributed by atoms with Crippen molar-refractivity contribution < 1.29 is 9.90 Å². The van der Waals surface area contributed by atoms with Gasteiger partial charge < -0.3 is 15.7 Å². The van der Waals surface area contributed by atoms with Crippen LogP contribution in [0.15, 0.2) is 48.8 Å². The predicted octanol–water partition coefficient (Wildman–Crippen LogP) is 3.09. The molecule has 1 heterocycles. The lowest BCUT2D eigenvalue weighted by Crippen LogP contribution is -2.39. The molecule has 1 aliphatic rings. The Kier molecular flexibility index (Phi) is 5.34. The summed E-state index contributed by atoms with van der Waals surface area (Å²) < 4.78 is 0. The first-order valence-corrected chi connectivity index (χ1v) is 8.77. The molecule has 3 rings (SSSR count). The van der Waals surface area contributed by atoms with Crippen molar-refractivity contribution in [1.82, 2.24) is 15.6 Å². The maximum absolute atomic E-state index is 12.0. The molecule has 132 valence electrons. The summed E-state index contributed by atoms with van der Waals surface area (Å²) in [6, 6.07) is 12.1. The van der Waals surface area contributed by atoms with Gasteiger partial charge in [-0.2, -0.15) is 0 Å². The van der Waals surface area contributed by atoms with Crippen molar-refractivity contribution in [2.45, 2.75) is 44.2 Å². The van der Waals surface area contributed by atoms with E-state index in [4.69, 9.17) is 0 Å². The Labute approximate surface area is 148 Å². The number of carbonyl (C=O) groups excluding carboxylic acids is 1. The topological polar surface area (TPSA) is 74.2 Å². The molecule has 0 aliphatic heterocycles. The van der Waals surface area contributed by atoms with Crippen LogP contribution in [0.2, 0.25) is 0 Å². The maximum atomic E-state index is 12.0. The largest absolute Gasteiger partial charge is 0.387 e. The van der Waals surface area contributed by atoms with Gasteiger partial charge in [0.15, 0.2) is 0 Å². The summed E-state index contributed by atoms with van der Waals surface area (Å²) in [5.41, 5.74) is 3.29. The number of hydrogen-bond donors (Lipinski definition) is 3. The summed E-state index contributed by atoms with van der Waals surface area (Å²) in [6.45, 7) is 4.53. The highest BCUT2D eigenvalue weighted by Gasteiger charge is 2.39. The van der Waals surface area contributed by atoms with E-state index in [1.165, 1.54) is 11.1 Å². The number of pyridine rings is 1. The van der Waals surface area contributed by atoms with E-state index in [1.807, 2.05) is 0 Å². The van der Waals surface area contributed by atoms with Crippen molar-refractivity contribution in [3.05, 3.63) is 65.5 Å². The maximum Gasteiger partial charge on any atom is 0.315 e. The van der Waals surface area contributed by atoms with Crippen LogP contribution in [0.3, 0.4) is 0 Å². The van der Waals surface area contributed by atoms with Crippen LogP contribution in [0, 0.1) is 0 Å². The highest BCUT2D eigenvalue weighted by atomic mass is 16.3. The van der Waals surface area contributed by atoms with Crippen LogP contribution in [0.1, 0.15) is 54.9 Å². The predicted molar refractivity (Wildman–Crippen MR) is 97.4 cm³/mol. The van der Waals surface area contributed by atoms with E-state index in [2.05, 4.69) is 53.7 Å². The highest BCUT2D eigenvalue weighted by molar-refractivity contribution is 5.75. The summed E-state index contributed by atoms with van der Waals surface area (Å²) in [5, 5.41) is 15.7. The van der Waals surface area contributed by atoms with Crippen LogP contribution in [-0.4, -0.2) is 28.7 Å². The van der Waals surface area contributed by atoms with E-state index in [9.17, 15) is 9.90 Å². The number of nitrogens with one attached hydrogen (secondary N) is 2. The van der Waals surface area contributed by atoms with Crippen LogP contribution in [0.25, 0.3) is 0 Å². The molecule has 0 radical (unpaired) electrons. The minimum Gasteiger partial charge on any atom is -0.387 e. The summed E-state index contributed by atoms with van der Waals surface area (Å²) in [4.78, 5) is 16.0. The van der Waals surface area contributed by atoms with Crippen LogP contribution >= 0.6 is 0 Å². The van der Waals surface area contributed by atoms with E-state index in [1.54, 1.807) is 24.5 Å². The molecule has 5 heteroatoms. The molecule has 3 N–H and O–H groups in total. The highest BCUT2D eigenvalue weighted by Crippen LogP contribution is 2.41.